The number of carbonyl (C=O) groups excluding carboxylic acids is 1. The smallest absolute Gasteiger partial charge is 0.265 e. The van der Waals surface area contributed by atoms with E-state index in [2.05, 4.69) is 5.32 Å². The van der Waals surface area contributed by atoms with Gasteiger partial charge in [-0.15, -0.1) is 0 Å². The Balaban J connectivity index is 2.15. The van der Waals surface area contributed by atoms with Gasteiger partial charge in [-0.3, -0.25) is 4.79 Å². The summed E-state index contributed by atoms with van der Waals surface area (Å²) in [6.07, 6.45) is -0.720. The molecule has 25 heavy (non-hydrogen) atoms. The number of hydrogen-bond acceptors (Lipinski definition) is 4. The Morgan fingerprint density at radius 3 is 2.32 bits per heavy atom. The lowest BCUT2D eigenvalue weighted by molar-refractivity contribution is -0.122. The van der Waals surface area contributed by atoms with Gasteiger partial charge in [0.15, 0.2) is 17.6 Å². The summed E-state index contributed by atoms with van der Waals surface area (Å²) in [6.45, 7) is 7.62. The first kappa shape index (κ1) is 18.3. The third-order valence-corrected chi connectivity index (χ3v) is 3.89. The van der Waals surface area contributed by atoms with Crippen LogP contribution in [0.25, 0.3) is 0 Å². The monoisotopic (exact) mass is 338 g/mol. The molecule has 0 radical (unpaired) electrons. The van der Waals surface area contributed by atoms with Crippen LogP contribution in [-0.2, 0) is 4.79 Å². The molecular formula is C20H22N2O3. The number of carbonyl (C=O) groups is 1. The average molecular weight is 338 g/mol. The zero-order chi connectivity index (χ0) is 18.6. The standard InChI is InChI=1S/C20H22N2O3/c1-12-8-13(2)19(14(3)9-12)22-20(23)15(4)25-17-7-6-16(11-21)10-18(17)24-5/h6-10,15H,1-5H3,(H,22,23). The Hall–Kier alpha value is -3.00. The Bertz CT molecular complexity index is 814. The largest absolute Gasteiger partial charge is 0.493 e. The maximum absolute atomic E-state index is 12.5. The summed E-state index contributed by atoms with van der Waals surface area (Å²) in [5.74, 6) is 0.587. The van der Waals surface area contributed by atoms with Crippen LogP contribution in [0.3, 0.4) is 0 Å². The summed E-state index contributed by atoms with van der Waals surface area (Å²) < 4.78 is 11.0. The number of nitriles is 1. The molecule has 1 N–H and O–H groups in total. The quantitative estimate of drug-likeness (QED) is 0.897. The molecule has 0 spiro atoms. The second-order valence-electron chi connectivity index (χ2n) is 6.00. The topological polar surface area (TPSA) is 71.3 Å². The fraction of sp³-hybridized carbons (Fsp3) is 0.300. The number of benzene rings is 2. The highest BCUT2D eigenvalue weighted by molar-refractivity contribution is 5.95. The van der Waals surface area contributed by atoms with Crippen LogP contribution in [0.5, 0.6) is 11.5 Å². The molecule has 1 unspecified atom stereocenters. The van der Waals surface area contributed by atoms with E-state index in [0.29, 0.717) is 17.1 Å². The lowest BCUT2D eigenvalue weighted by Crippen LogP contribution is -2.30. The van der Waals surface area contributed by atoms with Gasteiger partial charge in [0.25, 0.3) is 5.91 Å². The van der Waals surface area contributed by atoms with E-state index in [4.69, 9.17) is 14.7 Å². The minimum Gasteiger partial charge on any atom is -0.493 e. The van der Waals surface area contributed by atoms with E-state index in [1.807, 2.05) is 39.0 Å². The van der Waals surface area contributed by atoms with Gasteiger partial charge in [0, 0.05) is 11.8 Å². The summed E-state index contributed by atoms with van der Waals surface area (Å²) >= 11 is 0. The van der Waals surface area contributed by atoms with E-state index in [0.717, 1.165) is 22.4 Å². The van der Waals surface area contributed by atoms with Gasteiger partial charge in [0.05, 0.1) is 18.7 Å². The molecule has 130 valence electrons. The molecule has 1 atom stereocenters. The van der Waals surface area contributed by atoms with Crippen molar-refractivity contribution in [3.8, 4) is 17.6 Å². The fourth-order valence-corrected chi connectivity index (χ4v) is 2.68. The molecule has 0 aliphatic rings. The third kappa shape index (κ3) is 4.30. The Morgan fingerprint density at radius 2 is 1.76 bits per heavy atom. The molecule has 2 aromatic carbocycles. The SMILES string of the molecule is COc1cc(C#N)ccc1OC(C)C(=O)Nc1c(C)cc(C)cc1C. The van der Waals surface area contributed by atoms with Crippen molar-refractivity contribution in [1.82, 2.24) is 0 Å². The lowest BCUT2D eigenvalue weighted by Gasteiger charge is -2.19. The van der Waals surface area contributed by atoms with Crippen molar-refractivity contribution in [1.29, 1.82) is 5.26 Å². The highest BCUT2D eigenvalue weighted by Crippen LogP contribution is 2.29. The van der Waals surface area contributed by atoms with Crippen molar-refractivity contribution >= 4 is 11.6 Å². The summed E-state index contributed by atoms with van der Waals surface area (Å²) in [4.78, 5) is 12.5. The molecule has 5 nitrogen and oxygen atoms in total. The van der Waals surface area contributed by atoms with Gasteiger partial charge in [-0.2, -0.15) is 5.26 Å². The van der Waals surface area contributed by atoms with Gasteiger partial charge in [0.2, 0.25) is 0 Å². The van der Waals surface area contributed by atoms with Crippen molar-refractivity contribution in [2.45, 2.75) is 33.8 Å². The molecule has 0 aliphatic heterocycles. The van der Waals surface area contributed by atoms with Crippen LogP contribution in [0.4, 0.5) is 5.69 Å². The lowest BCUT2D eigenvalue weighted by atomic mass is 10.0. The maximum Gasteiger partial charge on any atom is 0.265 e. The van der Waals surface area contributed by atoms with E-state index in [9.17, 15) is 4.79 Å². The second-order valence-corrected chi connectivity index (χ2v) is 6.00. The highest BCUT2D eigenvalue weighted by Gasteiger charge is 2.19. The first-order valence-electron chi connectivity index (χ1n) is 7.99. The van der Waals surface area contributed by atoms with Crippen LogP contribution in [0.1, 0.15) is 29.2 Å². The molecule has 0 saturated heterocycles. The van der Waals surface area contributed by atoms with Gasteiger partial charge in [-0.05, 0) is 51.0 Å². The predicted molar refractivity (Wildman–Crippen MR) is 97.1 cm³/mol. The molecule has 0 heterocycles. The summed E-state index contributed by atoms with van der Waals surface area (Å²) in [6, 6.07) is 10.9. The number of aryl methyl sites for hydroxylation is 3. The summed E-state index contributed by atoms with van der Waals surface area (Å²) in [5, 5.41) is 11.9. The zero-order valence-corrected chi connectivity index (χ0v) is 15.1. The summed E-state index contributed by atoms with van der Waals surface area (Å²) in [5.41, 5.74) is 4.44. The molecule has 2 aromatic rings. The highest BCUT2D eigenvalue weighted by atomic mass is 16.5. The zero-order valence-electron chi connectivity index (χ0n) is 15.1. The van der Waals surface area contributed by atoms with E-state index in [1.165, 1.54) is 7.11 Å². The minimum absolute atomic E-state index is 0.249. The third-order valence-electron chi connectivity index (χ3n) is 3.89. The van der Waals surface area contributed by atoms with Crippen molar-refractivity contribution < 1.29 is 14.3 Å². The Morgan fingerprint density at radius 1 is 1.12 bits per heavy atom. The molecule has 1 amide bonds. The first-order valence-corrected chi connectivity index (χ1v) is 7.99. The van der Waals surface area contributed by atoms with Crippen molar-refractivity contribution in [2.75, 3.05) is 12.4 Å². The Kier molecular flexibility index (Phi) is 5.66. The normalized spacial score (nSPS) is 11.4. The molecule has 0 aromatic heterocycles. The second kappa shape index (κ2) is 7.71. The Labute approximate surface area is 148 Å². The van der Waals surface area contributed by atoms with Crippen molar-refractivity contribution in [3.63, 3.8) is 0 Å². The van der Waals surface area contributed by atoms with E-state index in [1.54, 1.807) is 25.1 Å². The van der Waals surface area contributed by atoms with Crippen LogP contribution >= 0.6 is 0 Å². The van der Waals surface area contributed by atoms with E-state index in [-0.39, 0.29) is 5.91 Å². The molecule has 2 rings (SSSR count). The van der Waals surface area contributed by atoms with Crippen molar-refractivity contribution in [3.05, 3.63) is 52.6 Å². The first-order chi connectivity index (χ1) is 11.8. The van der Waals surface area contributed by atoms with Crippen LogP contribution < -0.4 is 14.8 Å². The van der Waals surface area contributed by atoms with Gasteiger partial charge in [0.1, 0.15) is 0 Å². The summed E-state index contributed by atoms with van der Waals surface area (Å²) in [7, 11) is 1.49. The molecule has 0 fully saturated rings. The minimum atomic E-state index is -0.720. The number of rotatable bonds is 5. The van der Waals surface area contributed by atoms with Gasteiger partial charge in [-0.1, -0.05) is 17.7 Å². The van der Waals surface area contributed by atoms with Crippen LogP contribution in [0, 0.1) is 32.1 Å². The number of methoxy groups -OCH3 is 1. The fourth-order valence-electron chi connectivity index (χ4n) is 2.68. The van der Waals surface area contributed by atoms with Gasteiger partial charge < -0.3 is 14.8 Å². The van der Waals surface area contributed by atoms with Crippen LogP contribution in [0.2, 0.25) is 0 Å². The maximum atomic E-state index is 12.5. The average Bonchev–Trinajstić information content (AvgIpc) is 2.58. The van der Waals surface area contributed by atoms with Gasteiger partial charge >= 0.3 is 0 Å². The van der Waals surface area contributed by atoms with Crippen molar-refractivity contribution in [2.24, 2.45) is 0 Å². The van der Waals surface area contributed by atoms with Gasteiger partial charge in [-0.25, -0.2) is 0 Å². The molecule has 5 heteroatoms. The van der Waals surface area contributed by atoms with Crippen LogP contribution in [0.15, 0.2) is 30.3 Å². The molecule has 0 saturated carbocycles. The predicted octanol–water partition coefficient (Wildman–Crippen LogP) is 3.90. The number of hydrogen-bond donors (Lipinski definition) is 1. The number of ether oxygens (including phenoxy) is 2. The number of nitrogens with one attached hydrogen (secondary N) is 1. The van der Waals surface area contributed by atoms with Crippen LogP contribution in [-0.4, -0.2) is 19.1 Å². The number of anilines is 1. The van der Waals surface area contributed by atoms with E-state index >= 15 is 0 Å². The molecule has 0 aliphatic carbocycles. The molecule has 0 bridgehead atoms. The number of amides is 1. The number of nitrogens with zero attached hydrogens (tertiary/aromatic N) is 1. The molecular weight excluding hydrogens is 316 g/mol. The van der Waals surface area contributed by atoms with E-state index < -0.39 is 6.10 Å².